The van der Waals surface area contributed by atoms with Crippen molar-refractivity contribution in [2.24, 2.45) is 0 Å². The summed E-state index contributed by atoms with van der Waals surface area (Å²) < 4.78 is 5.83. The summed E-state index contributed by atoms with van der Waals surface area (Å²) in [5.74, 6) is 1.11. The van der Waals surface area contributed by atoms with E-state index in [1.807, 2.05) is 16.7 Å². The van der Waals surface area contributed by atoms with Crippen molar-refractivity contribution >= 4 is 17.7 Å². The normalized spacial score (nSPS) is 20.9. The monoisotopic (exact) mass is 288 g/mol. The summed E-state index contributed by atoms with van der Waals surface area (Å²) in [4.78, 5) is 14.2. The van der Waals surface area contributed by atoms with Crippen molar-refractivity contribution in [3.63, 3.8) is 0 Å². The lowest BCUT2D eigenvalue weighted by molar-refractivity contribution is 0.00353. The summed E-state index contributed by atoms with van der Waals surface area (Å²) in [6.45, 7) is 2.31. The molecule has 4 nitrogen and oxygen atoms in total. The van der Waals surface area contributed by atoms with Gasteiger partial charge in [-0.3, -0.25) is 4.79 Å². The van der Waals surface area contributed by atoms with E-state index in [2.05, 4.69) is 6.07 Å². The Morgan fingerprint density at radius 1 is 1.30 bits per heavy atom. The van der Waals surface area contributed by atoms with Gasteiger partial charge in [0.1, 0.15) is 4.93 Å². The van der Waals surface area contributed by atoms with Crippen LogP contribution in [0.4, 0.5) is 0 Å². The maximum atomic E-state index is 12.4. The molecule has 2 aliphatic heterocycles. The molecule has 2 fully saturated rings. The number of carbonyl (C=O) groups excluding carboxylic acids is 1. The number of rotatable bonds is 1. The van der Waals surface area contributed by atoms with E-state index in [9.17, 15) is 4.79 Å². The number of carbonyl (C=O) groups is 1. The third-order valence-electron chi connectivity index (χ3n) is 3.89. The molecule has 3 rings (SSSR count). The second-order valence-corrected chi connectivity index (χ2v) is 6.53. The molecule has 0 N–H and O–H groups in total. The van der Waals surface area contributed by atoms with Gasteiger partial charge in [0.25, 0.3) is 5.91 Å². The number of piperidine rings is 1. The molecule has 1 amide bonds. The average molecular weight is 288 g/mol. The van der Waals surface area contributed by atoms with Gasteiger partial charge in [-0.1, -0.05) is 0 Å². The lowest BCUT2D eigenvalue weighted by Gasteiger charge is -2.37. The predicted octanol–water partition coefficient (Wildman–Crippen LogP) is 2.25. The van der Waals surface area contributed by atoms with E-state index in [-0.39, 0.29) is 10.8 Å². The number of hydrogen-bond acceptors (Lipinski definition) is 4. The van der Waals surface area contributed by atoms with Crippen LogP contribution < -0.4 is 0 Å². The van der Waals surface area contributed by atoms with Gasteiger partial charge in [0.2, 0.25) is 0 Å². The first-order valence-electron chi connectivity index (χ1n) is 6.80. The Hall–Kier alpha value is -1.51. The lowest BCUT2D eigenvalue weighted by Crippen LogP contribution is -2.45. The van der Waals surface area contributed by atoms with Gasteiger partial charge in [-0.25, -0.2) is 0 Å². The van der Waals surface area contributed by atoms with Crippen molar-refractivity contribution in [2.45, 2.75) is 17.8 Å². The zero-order valence-corrected chi connectivity index (χ0v) is 12.0. The highest BCUT2D eigenvalue weighted by Crippen LogP contribution is 2.41. The molecular formula is C15H16N2O2S. The molecular weight excluding hydrogens is 272 g/mol. The lowest BCUT2D eigenvalue weighted by atomic mass is 10.0. The SMILES string of the molecule is N#Cc1ccc(C(=O)N2CCC3(CC2)OCCS3)cc1. The second kappa shape index (κ2) is 5.47. The molecule has 1 spiro atoms. The molecule has 104 valence electrons. The van der Waals surface area contributed by atoms with Gasteiger partial charge in [0.05, 0.1) is 18.2 Å². The van der Waals surface area contributed by atoms with Gasteiger partial charge < -0.3 is 9.64 Å². The highest BCUT2D eigenvalue weighted by atomic mass is 32.2. The van der Waals surface area contributed by atoms with E-state index in [0.717, 1.165) is 38.3 Å². The third-order valence-corrected chi connectivity index (χ3v) is 5.31. The van der Waals surface area contributed by atoms with Crippen LogP contribution in [0.5, 0.6) is 0 Å². The maximum Gasteiger partial charge on any atom is 0.253 e. The van der Waals surface area contributed by atoms with E-state index in [4.69, 9.17) is 10.00 Å². The smallest absolute Gasteiger partial charge is 0.253 e. The van der Waals surface area contributed by atoms with E-state index in [1.54, 1.807) is 24.3 Å². The van der Waals surface area contributed by atoms with Gasteiger partial charge in [0.15, 0.2) is 0 Å². The summed E-state index contributed by atoms with van der Waals surface area (Å²) in [5, 5.41) is 8.77. The van der Waals surface area contributed by atoms with E-state index >= 15 is 0 Å². The largest absolute Gasteiger partial charge is 0.363 e. The number of thioether (sulfide) groups is 1. The van der Waals surface area contributed by atoms with Crippen molar-refractivity contribution in [3.05, 3.63) is 35.4 Å². The standard InChI is InChI=1S/C15H16N2O2S/c16-11-12-1-3-13(4-2-12)14(18)17-7-5-15(6-8-17)19-9-10-20-15/h1-4H,5-10H2. The molecule has 20 heavy (non-hydrogen) atoms. The molecule has 0 aromatic heterocycles. The van der Waals surface area contributed by atoms with E-state index in [1.165, 1.54) is 0 Å². The highest BCUT2D eigenvalue weighted by molar-refractivity contribution is 8.00. The summed E-state index contributed by atoms with van der Waals surface area (Å²) in [6, 6.07) is 8.90. The van der Waals surface area contributed by atoms with Gasteiger partial charge in [-0.15, -0.1) is 11.8 Å². The van der Waals surface area contributed by atoms with Crippen LogP contribution in [0.2, 0.25) is 0 Å². The zero-order valence-electron chi connectivity index (χ0n) is 11.2. The predicted molar refractivity (Wildman–Crippen MR) is 77.4 cm³/mol. The molecule has 2 heterocycles. The topological polar surface area (TPSA) is 53.3 Å². The molecule has 0 saturated carbocycles. The van der Waals surface area contributed by atoms with Gasteiger partial charge in [-0.2, -0.15) is 5.26 Å². The van der Waals surface area contributed by atoms with Crippen molar-refractivity contribution in [1.82, 2.24) is 4.90 Å². The Labute approximate surface area is 122 Å². The molecule has 2 saturated heterocycles. The Bertz CT molecular complexity index is 534. The maximum absolute atomic E-state index is 12.4. The van der Waals surface area contributed by atoms with Gasteiger partial charge in [0, 0.05) is 37.2 Å². The minimum absolute atomic E-state index is 0.0402. The van der Waals surface area contributed by atoms with E-state index in [0.29, 0.717) is 11.1 Å². The Kier molecular flexibility index (Phi) is 3.68. The molecule has 1 aromatic carbocycles. The van der Waals surface area contributed by atoms with E-state index < -0.39 is 0 Å². The molecule has 0 bridgehead atoms. The first-order chi connectivity index (χ1) is 9.72. The van der Waals surface area contributed by atoms with Crippen LogP contribution in [0.3, 0.4) is 0 Å². The molecule has 2 aliphatic rings. The number of nitriles is 1. The van der Waals surface area contributed by atoms with Crippen LogP contribution in [0.25, 0.3) is 0 Å². The summed E-state index contributed by atoms with van der Waals surface area (Å²) in [7, 11) is 0. The Morgan fingerprint density at radius 2 is 2.00 bits per heavy atom. The molecule has 5 heteroatoms. The second-order valence-electron chi connectivity index (χ2n) is 5.09. The average Bonchev–Trinajstić information content (AvgIpc) is 2.96. The van der Waals surface area contributed by atoms with Crippen molar-refractivity contribution in [1.29, 1.82) is 5.26 Å². The molecule has 0 aliphatic carbocycles. The molecule has 0 unspecified atom stereocenters. The van der Waals surface area contributed by atoms with Crippen LogP contribution in [-0.4, -0.2) is 41.2 Å². The Balaban J connectivity index is 1.65. The van der Waals surface area contributed by atoms with Gasteiger partial charge in [-0.05, 0) is 24.3 Å². The third kappa shape index (κ3) is 2.54. The number of hydrogen-bond donors (Lipinski definition) is 0. The summed E-state index contributed by atoms with van der Waals surface area (Å²) in [6.07, 6.45) is 1.80. The number of amides is 1. The number of nitrogens with zero attached hydrogens (tertiary/aromatic N) is 2. The van der Waals surface area contributed by atoms with Crippen molar-refractivity contribution in [2.75, 3.05) is 25.4 Å². The van der Waals surface area contributed by atoms with Crippen molar-refractivity contribution in [3.8, 4) is 6.07 Å². The Morgan fingerprint density at radius 3 is 2.55 bits per heavy atom. The van der Waals surface area contributed by atoms with Crippen LogP contribution in [-0.2, 0) is 4.74 Å². The van der Waals surface area contributed by atoms with Crippen LogP contribution in [0, 0.1) is 11.3 Å². The van der Waals surface area contributed by atoms with Crippen LogP contribution in [0.15, 0.2) is 24.3 Å². The fourth-order valence-corrected chi connectivity index (χ4v) is 3.88. The highest BCUT2D eigenvalue weighted by Gasteiger charge is 2.40. The molecule has 1 aromatic rings. The molecule has 0 atom stereocenters. The zero-order chi connectivity index (χ0) is 14.0. The quantitative estimate of drug-likeness (QED) is 0.795. The van der Waals surface area contributed by atoms with Crippen LogP contribution in [0.1, 0.15) is 28.8 Å². The number of likely N-dealkylation sites (tertiary alicyclic amines) is 1. The van der Waals surface area contributed by atoms with Gasteiger partial charge >= 0.3 is 0 Å². The first-order valence-corrected chi connectivity index (χ1v) is 7.78. The summed E-state index contributed by atoms with van der Waals surface area (Å²) >= 11 is 1.88. The minimum Gasteiger partial charge on any atom is -0.363 e. The number of ether oxygens (including phenoxy) is 1. The number of benzene rings is 1. The fourth-order valence-electron chi connectivity index (χ4n) is 2.71. The molecule has 0 radical (unpaired) electrons. The fraction of sp³-hybridized carbons (Fsp3) is 0.467. The summed E-state index contributed by atoms with van der Waals surface area (Å²) in [5.41, 5.74) is 1.23. The minimum atomic E-state index is -0.0402. The van der Waals surface area contributed by atoms with Crippen LogP contribution >= 0.6 is 11.8 Å². The van der Waals surface area contributed by atoms with Crippen molar-refractivity contribution < 1.29 is 9.53 Å². The first kappa shape index (κ1) is 13.5.